The summed E-state index contributed by atoms with van der Waals surface area (Å²) in [5.41, 5.74) is 0. The topological polar surface area (TPSA) is 0 Å². The molecule has 0 aliphatic rings. The smallest absolute Gasteiger partial charge is 0.0266 e. The molecule has 1 heteroatoms. The molecule has 0 saturated carbocycles. The molecule has 0 aromatic heterocycles. The fourth-order valence-corrected chi connectivity index (χ4v) is 1.03. The normalized spacial score (nSPS) is 8.90. The first-order valence-corrected chi connectivity index (χ1v) is 4.52. The lowest BCUT2D eigenvalue weighted by Crippen LogP contribution is -1.75. The van der Waals surface area contributed by atoms with Crippen molar-refractivity contribution >= 4 is 17.2 Å². The summed E-state index contributed by atoms with van der Waals surface area (Å²) >= 11 is 4.55. The SMILES string of the molecule is CCCCCCCC=C=S. The Hall–Kier alpha value is -0.130. The highest BCUT2D eigenvalue weighted by Crippen LogP contribution is 2.04. The molecule has 0 saturated heterocycles. The van der Waals surface area contributed by atoms with Crippen LogP contribution in [0.3, 0.4) is 0 Å². The van der Waals surface area contributed by atoms with Crippen LogP contribution in [0, 0.1) is 0 Å². The molecule has 0 heterocycles. The highest BCUT2D eigenvalue weighted by molar-refractivity contribution is 7.78. The number of thiocarbonyl (C=S) groups is 1. The second kappa shape index (κ2) is 8.87. The van der Waals surface area contributed by atoms with Crippen LogP contribution in [0.4, 0.5) is 0 Å². The summed E-state index contributed by atoms with van der Waals surface area (Å²) in [6.07, 6.45) is 9.77. The molecular weight excluding hydrogens is 140 g/mol. The van der Waals surface area contributed by atoms with Crippen molar-refractivity contribution < 1.29 is 0 Å². The number of allylic oxidation sites excluding steroid dienone is 1. The summed E-state index contributed by atoms with van der Waals surface area (Å²) in [7, 11) is 0. The number of rotatable bonds is 6. The maximum Gasteiger partial charge on any atom is -0.0266 e. The standard InChI is InChI=1S/C9H16S/c1-2-3-4-5-6-7-8-9-10/h8H,2-7H2,1H3. The summed E-state index contributed by atoms with van der Waals surface area (Å²) in [5.74, 6) is 0. The molecule has 0 unspecified atom stereocenters. The third kappa shape index (κ3) is 7.87. The van der Waals surface area contributed by atoms with Crippen LogP contribution in [0.1, 0.15) is 45.4 Å². The monoisotopic (exact) mass is 156 g/mol. The zero-order valence-electron chi connectivity index (χ0n) is 6.73. The summed E-state index contributed by atoms with van der Waals surface area (Å²) in [5, 5.41) is 2.62. The third-order valence-corrected chi connectivity index (χ3v) is 1.70. The van der Waals surface area contributed by atoms with Gasteiger partial charge < -0.3 is 0 Å². The molecule has 0 aromatic rings. The van der Waals surface area contributed by atoms with Gasteiger partial charge >= 0.3 is 0 Å². The maximum atomic E-state index is 4.55. The van der Waals surface area contributed by atoms with E-state index in [9.17, 15) is 0 Å². The Morgan fingerprint density at radius 2 is 1.90 bits per heavy atom. The van der Waals surface area contributed by atoms with E-state index in [1.807, 2.05) is 6.08 Å². The van der Waals surface area contributed by atoms with Crippen LogP contribution >= 0.6 is 12.2 Å². The van der Waals surface area contributed by atoms with Gasteiger partial charge in [-0.3, -0.25) is 0 Å². The van der Waals surface area contributed by atoms with Gasteiger partial charge in [-0.1, -0.05) is 37.6 Å². The molecule has 0 nitrogen and oxygen atoms in total. The Balaban J connectivity index is 2.83. The Morgan fingerprint density at radius 3 is 2.50 bits per heavy atom. The second-order valence-corrected chi connectivity index (χ2v) is 2.76. The van der Waals surface area contributed by atoms with Crippen molar-refractivity contribution in [2.45, 2.75) is 45.4 Å². The Bertz CT molecular complexity index is 101. The molecule has 0 radical (unpaired) electrons. The zero-order valence-corrected chi connectivity index (χ0v) is 7.54. The molecule has 0 spiro atoms. The van der Waals surface area contributed by atoms with E-state index in [0.717, 1.165) is 6.42 Å². The Kier molecular flexibility index (Phi) is 8.75. The molecule has 0 aliphatic heterocycles. The average Bonchev–Trinajstić information content (AvgIpc) is 1.97. The highest BCUT2D eigenvalue weighted by atomic mass is 32.1. The van der Waals surface area contributed by atoms with Crippen molar-refractivity contribution in [3.63, 3.8) is 0 Å². The zero-order chi connectivity index (χ0) is 7.66. The van der Waals surface area contributed by atoms with E-state index in [1.165, 1.54) is 32.1 Å². The van der Waals surface area contributed by atoms with Gasteiger partial charge in [0.2, 0.25) is 0 Å². The summed E-state index contributed by atoms with van der Waals surface area (Å²) in [6.45, 7) is 2.23. The lowest BCUT2D eigenvalue weighted by atomic mass is 10.1. The van der Waals surface area contributed by atoms with Crippen LogP contribution in [0.5, 0.6) is 0 Å². The molecular formula is C9H16S. The van der Waals surface area contributed by atoms with Crippen molar-refractivity contribution in [2.24, 2.45) is 0 Å². The van der Waals surface area contributed by atoms with Gasteiger partial charge in [-0.15, -0.1) is 0 Å². The summed E-state index contributed by atoms with van der Waals surface area (Å²) < 4.78 is 0. The van der Waals surface area contributed by atoms with Gasteiger partial charge in [0.25, 0.3) is 0 Å². The number of hydrogen-bond acceptors (Lipinski definition) is 1. The van der Waals surface area contributed by atoms with Gasteiger partial charge in [0.15, 0.2) is 0 Å². The van der Waals surface area contributed by atoms with E-state index in [4.69, 9.17) is 0 Å². The largest absolute Gasteiger partial charge is 0.0654 e. The van der Waals surface area contributed by atoms with E-state index in [0.29, 0.717) is 0 Å². The summed E-state index contributed by atoms with van der Waals surface area (Å²) in [4.78, 5) is 0. The minimum Gasteiger partial charge on any atom is -0.0654 e. The molecule has 10 heavy (non-hydrogen) atoms. The number of unbranched alkanes of at least 4 members (excludes halogenated alkanes) is 5. The van der Waals surface area contributed by atoms with Crippen LogP contribution in [0.25, 0.3) is 0 Å². The van der Waals surface area contributed by atoms with Crippen molar-refractivity contribution in [1.29, 1.82) is 0 Å². The molecule has 0 bridgehead atoms. The van der Waals surface area contributed by atoms with Crippen molar-refractivity contribution in [3.05, 3.63) is 6.08 Å². The molecule has 0 fully saturated rings. The quantitative estimate of drug-likeness (QED) is 0.419. The van der Waals surface area contributed by atoms with Crippen LogP contribution in [-0.2, 0) is 0 Å². The molecule has 0 N–H and O–H groups in total. The first-order valence-electron chi connectivity index (χ1n) is 4.11. The Morgan fingerprint density at radius 1 is 1.20 bits per heavy atom. The fourth-order valence-electron chi connectivity index (χ4n) is 0.909. The van der Waals surface area contributed by atoms with E-state index < -0.39 is 0 Å². The van der Waals surface area contributed by atoms with Crippen LogP contribution in [-0.4, -0.2) is 5.02 Å². The lowest BCUT2D eigenvalue weighted by molar-refractivity contribution is 0.638. The van der Waals surface area contributed by atoms with E-state index in [2.05, 4.69) is 24.2 Å². The van der Waals surface area contributed by atoms with Gasteiger partial charge in [-0.25, -0.2) is 0 Å². The van der Waals surface area contributed by atoms with E-state index in [1.54, 1.807) is 0 Å². The lowest BCUT2D eigenvalue weighted by Gasteiger charge is -1.94. The van der Waals surface area contributed by atoms with Crippen molar-refractivity contribution in [1.82, 2.24) is 0 Å². The fraction of sp³-hybridized carbons (Fsp3) is 0.778. The first-order chi connectivity index (χ1) is 4.91. The van der Waals surface area contributed by atoms with Gasteiger partial charge in [-0.05, 0) is 31.1 Å². The Labute approximate surface area is 69.3 Å². The van der Waals surface area contributed by atoms with Crippen molar-refractivity contribution in [2.75, 3.05) is 0 Å². The van der Waals surface area contributed by atoms with E-state index >= 15 is 0 Å². The molecule has 0 rings (SSSR count). The van der Waals surface area contributed by atoms with Gasteiger partial charge in [0.1, 0.15) is 0 Å². The van der Waals surface area contributed by atoms with Gasteiger partial charge in [0, 0.05) is 0 Å². The first kappa shape index (κ1) is 9.87. The molecule has 58 valence electrons. The van der Waals surface area contributed by atoms with Crippen LogP contribution in [0.15, 0.2) is 6.08 Å². The maximum absolute atomic E-state index is 4.55. The van der Waals surface area contributed by atoms with Gasteiger partial charge in [0.05, 0.1) is 0 Å². The van der Waals surface area contributed by atoms with Crippen LogP contribution in [0.2, 0.25) is 0 Å². The number of hydrogen-bond donors (Lipinski definition) is 0. The predicted molar refractivity (Wildman–Crippen MR) is 50.5 cm³/mol. The van der Waals surface area contributed by atoms with E-state index in [-0.39, 0.29) is 0 Å². The molecule has 0 aliphatic carbocycles. The molecule has 0 amide bonds. The summed E-state index contributed by atoms with van der Waals surface area (Å²) in [6, 6.07) is 0. The second-order valence-electron chi connectivity index (χ2n) is 2.52. The van der Waals surface area contributed by atoms with Crippen LogP contribution < -0.4 is 0 Å². The van der Waals surface area contributed by atoms with Crippen molar-refractivity contribution in [3.8, 4) is 0 Å². The predicted octanol–water partition coefficient (Wildman–Crippen LogP) is 3.50. The minimum absolute atomic E-state index is 1.12. The average molecular weight is 156 g/mol. The third-order valence-electron chi connectivity index (χ3n) is 1.54. The highest BCUT2D eigenvalue weighted by Gasteiger charge is 1.85. The molecule has 0 aromatic carbocycles. The minimum atomic E-state index is 1.12. The van der Waals surface area contributed by atoms with Gasteiger partial charge in [-0.2, -0.15) is 0 Å². The molecule has 0 atom stereocenters.